The minimum atomic E-state index is -5.30. The molecule has 0 spiro atoms. The molecule has 1 aromatic heterocycles. The van der Waals surface area contributed by atoms with Crippen molar-refractivity contribution >= 4 is 5.69 Å². The first kappa shape index (κ1) is 13.1. The molecule has 1 heterocycles. The van der Waals surface area contributed by atoms with Gasteiger partial charge in [-0.05, 0) is 0 Å². The number of ether oxygens (including phenoxy) is 1. The summed E-state index contributed by atoms with van der Waals surface area (Å²) < 4.78 is 64.2. The van der Waals surface area contributed by atoms with Crippen molar-refractivity contribution in [2.45, 2.75) is 13.0 Å². The van der Waals surface area contributed by atoms with E-state index in [1.165, 1.54) is 0 Å². The fourth-order valence-electron chi connectivity index (χ4n) is 0.983. The second kappa shape index (κ2) is 4.47. The summed E-state index contributed by atoms with van der Waals surface area (Å²) in [6.07, 6.45) is -4.91. The molecule has 0 aromatic carbocycles. The van der Waals surface area contributed by atoms with Gasteiger partial charge in [0.2, 0.25) is 5.75 Å². The number of rotatable bonds is 3. The molecule has 0 amide bonds. The maximum Gasteiger partial charge on any atom is 0.573 e. The Morgan fingerprint density at radius 1 is 1.47 bits per heavy atom. The van der Waals surface area contributed by atoms with Crippen LogP contribution in [-0.4, -0.2) is 16.3 Å². The molecule has 1 rings (SSSR count). The fourth-order valence-corrected chi connectivity index (χ4v) is 0.983. The van der Waals surface area contributed by atoms with Crippen LogP contribution in [0.2, 0.25) is 0 Å². The Balaban J connectivity index is 3.40. The first-order chi connectivity index (χ1) is 7.76. The zero-order valence-electron chi connectivity index (χ0n) is 7.79. The van der Waals surface area contributed by atoms with Gasteiger partial charge in [0.25, 0.3) is 5.95 Å². The molecule has 0 saturated carbocycles. The molecule has 0 bridgehead atoms. The molecule has 0 N–H and O–H groups in total. The Morgan fingerprint density at radius 3 is 2.47 bits per heavy atom. The third-order valence-electron chi connectivity index (χ3n) is 1.58. The van der Waals surface area contributed by atoms with Crippen LogP contribution in [0.5, 0.6) is 5.75 Å². The molecular weight excluding hydrogens is 255 g/mol. The summed E-state index contributed by atoms with van der Waals surface area (Å²) in [6, 6.07) is 0. The first-order valence-corrected chi connectivity index (χ1v) is 3.89. The highest BCUT2D eigenvalue weighted by Crippen LogP contribution is 2.36. The van der Waals surface area contributed by atoms with Crippen LogP contribution in [-0.2, 0) is 6.67 Å². The van der Waals surface area contributed by atoms with Crippen LogP contribution in [0.3, 0.4) is 0 Å². The summed E-state index contributed by atoms with van der Waals surface area (Å²) >= 11 is 0. The lowest BCUT2D eigenvalue weighted by atomic mass is 10.2. The van der Waals surface area contributed by atoms with Crippen molar-refractivity contribution in [2.75, 3.05) is 0 Å². The average molecular weight is 258 g/mol. The number of nitro groups is 1. The van der Waals surface area contributed by atoms with Gasteiger partial charge in [0.05, 0.1) is 10.5 Å². The Kier molecular flexibility index (Phi) is 3.44. The summed E-state index contributed by atoms with van der Waals surface area (Å²) in [5, 5.41) is 10.4. The van der Waals surface area contributed by atoms with Gasteiger partial charge in [-0.3, -0.25) is 10.1 Å². The Labute approximate surface area is 90.0 Å². The van der Waals surface area contributed by atoms with E-state index in [1.807, 2.05) is 0 Å². The highest BCUT2D eigenvalue weighted by molar-refractivity contribution is 5.50. The van der Waals surface area contributed by atoms with Gasteiger partial charge in [0, 0.05) is 6.20 Å². The third kappa shape index (κ3) is 2.98. The second-order valence-corrected chi connectivity index (χ2v) is 2.69. The molecule has 0 aliphatic rings. The average Bonchev–Trinajstić information content (AvgIpc) is 2.15. The van der Waals surface area contributed by atoms with Crippen molar-refractivity contribution < 1.29 is 31.6 Å². The van der Waals surface area contributed by atoms with E-state index in [-0.39, 0.29) is 0 Å². The largest absolute Gasteiger partial charge is 0.573 e. The van der Waals surface area contributed by atoms with E-state index in [4.69, 9.17) is 0 Å². The number of hydrogen-bond donors (Lipinski definition) is 0. The number of hydrogen-bond acceptors (Lipinski definition) is 4. The summed E-state index contributed by atoms with van der Waals surface area (Å²) in [5.74, 6) is -3.32. The molecule has 5 nitrogen and oxygen atoms in total. The van der Waals surface area contributed by atoms with Crippen LogP contribution in [0.25, 0.3) is 0 Å². The number of aromatic nitrogens is 1. The molecule has 0 radical (unpaired) electrons. The molecule has 1 aromatic rings. The van der Waals surface area contributed by atoms with Crippen molar-refractivity contribution in [3.05, 3.63) is 27.8 Å². The smallest absolute Gasteiger partial charge is 0.398 e. The highest BCUT2D eigenvalue weighted by Gasteiger charge is 2.38. The molecule has 10 heteroatoms. The van der Waals surface area contributed by atoms with E-state index in [0.29, 0.717) is 6.20 Å². The van der Waals surface area contributed by atoms with Crippen LogP contribution in [0, 0.1) is 16.1 Å². The van der Waals surface area contributed by atoms with Crippen LogP contribution < -0.4 is 4.74 Å². The summed E-state index contributed by atoms with van der Waals surface area (Å²) in [4.78, 5) is 11.6. The molecule has 0 saturated heterocycles. The molecular formula is C7H3F5N2O3. The van der Waals surface area contributed by atoms with E-state index < -0.39 is 40.9 Å². The number of alkyl halides is 4. The van der Waals surface area contributed by atoms with E-state index >= 15 is 0 Å². The van der Waals surface area contributed by atoms with Crippen molar-refractivity contribution in [2.24, 2.45) is 0 Å². The molecule has 0 aliphatic heterocycles. The molecule has 0 fully saturated rings. The number of pyridine rings is 1. The van der Waals surface area contributed by atoms with Crippen molar-refractivity contribution in [3.63, 3.8) is 0 Å². The molecule has 0 aliphatic carbocycles. The van der Waals surface area contributed by atoms with Gasteiger partial charge in [0.15, 0.2) is 0 Å². The highest BCUT2D eigenvalue weighted by atomic mass is 19.4. The fraction of sp³-hybridized carbons (Fsp3) is 0.286. The van der Waals surface area contributed by atoms with Gasteiger partial charge < -0.3 is 4.74 Å². The lowest BCUT2D eigenvalue weighted by Crippen LogP contribution is -2.19. The Morgan fingerprint density at radius 2 is 2.06 bits per heavy atom. The van der Waals surface area contributed by atoms with Gasteiger partial charge >= 0.3 is 12.0 Å². The third-order valence-corrected chi connectivity index (χ3v) is 1.58. The zero-order chi connectivity index (χ0) is 13.2. The monoisotopic (exact) mass is 258 g/mol. The van der Waals surface area contributed by atoms with Crippen LogP contribution >= 0.6 is 0 Å². The van der Waals surface area contributed by atoms with Gasteiger partial charge in [-0.15, -0.1) is 13.2 Å². The predicted octanol–water partition coefficient (Wildman–Crippen LogP) is 2.50. The second-order valence-electron chi connectivity index (χ2n) is 2.69. The lowest BCUT2D eigenvalue weighted by Gasteiger charge is -2.11. The molecule has 17 heavy (non-hydrogen) atoms. The molecule has 0 unspecified atom stereocenters. The van der Waals surface area contributed by atoms with Crippen LogP contribution in [0.15, 0.2) is 6.20 Å². The Bertz CT molecular complexity index is 448. The topological polar surface area (TPSA) is 65.3 Å². The molecule has 0 atom stereocenters. The maximum absolute atomic E-state index is 12.9. The van der Waals surface area contributed by atoms with E-state index in [2.05, 4.69) is 9.72 Å². The molecule has 94 valence electrons. The summed E-state index contributed by atoms with van der Waals surface area (Å²) in [5.41, 5.74) is -2.52. The van der Waals surface area contributed by atoms with Crippen molar-refractivity contribution in [3.8, 4) is 5.75 Å². The normalized spacial score (nSPS) is 11.4. The minimum absolute atomic E-state index is 0.392. The van der Waals surface area contributed by atoms with Crippen molar-refractivity contribution in [1.29, 1.82) is 0 Å². The zero-order valence-corrected chi connectivity index (χ0v) is 7.79. The van der Waals surface area contributed by atoms with E-state index in [1.54, 1.807) is 0 Å². The van der Waals surface area contributed by atoms with Gasteiger partial charge in [-0.1, -0.05) is 0 Å². The number of halogens is 5. The quantitative estimate of drug-likeness (QED) is 0.361. The standard InChI is InChI=1S/C7H3F5N2O3/c8-1-3-2-13-6(9)4(14(15)16)5(3)17-7(10,11)12/h2H,1H2. The van der Waals surface area contributed by atoms with Crippen LogP contribution in [0.4, 0.5) is 27.6 Å². The van der Waals surface area contributed by atoms with Gasteiger partial charge in [0.1, 0.15) is 6.67 Å². The maximum atomic E-state index is 12.9. The number of nitrogens with zero attached hydrogens (tertiary/aromatic N) is 2. The first-order valence-electron chi connectivity index (χ1n) is 3.89. The van der Waals surface area contributed by atoms with Crippen LogP contribution in [0.1, 0.15) is 5.56 Å². The van der Waals surface area contributed by atoms with E-state index in [9.17, 15) is 32.1 Å². The summed E-state index contributed by atoms with van der Waals surface area (Å²) in [7, 11) is 0. The Hall–Kier alpha value is -2.00. The SMILES string of the molecule is O=[N+]([O-])c1c(F)ncc(CF)c1OC(F)(F)F. The van der Waals surface area contributed by atoms with Crippen molar-refractivity contribution in [1.82, 2.24) is 4.98 Å². The lowest BCUT2D eigenvalue weighted by molar-refractivity contribution is -0.391. The summed E-state index contributed by atoms with van der Waals surface area (Å²) in [6.45, 7) is -1.51. The predicted molar refractivity (Wildman–Crippen MR) is 42.3 cm³/mol. The minimum Gasteiger partial charge on any atom is -0.398 e. The van der Waals surface area contributed by atoms with E-state index in [0.717, 1.165) is 0 Å². The van der Waals surface area contributed by atoms with Gasteiger partial charge in [-0.25, -0.2) is 9.37 Å². The van der Waals surface area contributed by atoms with Gasteiger partial charge in [-0.2, -0.15) is 4.39 Å².